The maximum absolute atomic E-state index is 11.0. The Morgan fingerprint density at radius 2 is 2.36 bits per heavy atom. The Labute approximate surface area is 77.8 Å². The van der Waals surface area contributed by atoms with Gasteiger partial charge in [-0.15, -0.1) is 11.3 Å². The molecule has 0 atom stereocenters. The van der Waals surface area contributed by atoms with Crippen molar-refractivity contribution in [2.24, 2.45) is 0 Å². The number of aromatic nitrogens is 1. The Kier molecular flexibility index (Phi) is 2.78. The van der Waals surface area contributed by atoms with E-state index in [1.807, 2.05) is 6.92 Å². The summed E-state index contributed by atoms with van der Waals surface area (Å²) in [4.78, 5) is 16.0. The molecule has 11 heavy (non-hydrogen) atoms. The molecule has 0 bridgehead atoms. The Morgan fingerprint density at radius 3 is 2.73 bits per heavy atom. The van der Waals surface area contributed by atoms with Crippen LogP contribution in [-0.2, 0) is 5.33 Å². The molecule has 0 spiro atoms. The summed E-state index contributed by atoms with van der Waals surface area (Å²) in [7, 11) is 0. The SMILES string of the molecule is CC(=O)c1sc(C)nc1CBr. The fourth-order valence-corrected chi connectivity index (χ4v) is 2.26. The number of carbonyl (C=O) groups is 1. The number of hydrogen-bond acceptors (Lipinski definition) is 3. The number of ketones is 1. The zero-order valence-electron chi connectivity index (χ0n) is 6.35. The van der Waals surface area contributed by atoms with Gasteiger partial charge in [0, 0.05) is 12.3 Å². The quantitative estimate of drug-likeness (QED) is 0.581. The first-order chi connectivity index (χ1) is 5.15. The third-order valence-corrected chi connectivity index (χ3v) is 2.90. The lowest BCUT2D eigenvalue weighted by Crippen LogP contribution is -1.92. The minimum Gasteiger partial charge on any atom is -0.294 e. The molecule has 0 saturated carbocycles. The Morgan fingerprint density at radius 1 is 1.73 bits per heavy atom. The molecule has 0 fully saturated rings. The smallest absolute Gasteiger partial charge is 0.171 e. The number of aryl methyl sites for hydroxylation is 1. The summed E-state index contributed by atoms with van der Waals surface area (Å²) >= 11 is 4.74. The molecule has 4 heteroatoms. The Bertz CT molecular complexity index is 282. The molecule has 0 N–H and O–H groups in total. The topological polar surface area (TPSA) is 30.0 Å². The van der Waals surface area contributed by atoms with Crippen LogP contribution >= 0.6 is 27.3 Å². The van der Waals surface area contributed by atoms with Crippen LogP contribution < -0.4 is 0 Å². The number of nitrogens with zero attached hydrogens (tertiary/aromatic N) is 1. The van der Waals surface area contributed by atoms with Gasteiger partial charge in [0.1, 0.15) is 0 Å². The van der Waals surface area contributed by atoms with E-state index in [1.165, 1.54) is 11.3 Å². The van der Waals surface area contributed by atoms with Crippen LogP contribution in [0.25, 0.3) is 0 Å². The summed E-state index contributed by atoms with van der Waals surface area (Å²) in [6.07, 6.45) is 0. The second-order valence-corrected chi connectivity index (χ2v) is 3.96. The minimum absolute atomic E-state index is 0.102. The fraction of sp³-hybridized carbons (Fsp3) is 0.429. The van der Waals surface area contributed by atoms with Gasteiger partial charge in [-0.05, 0) is 6.92 Å². The zero-order valence-corrected chi connectivity index (χ0v) is 8.75. The number of halogens is 1. The highest BCUT2D eigenvalue weighted by molar-refractivity contribution is 9.08. The summed E-state index contributed by atoms with van der Waals surface area (Å²) < 4.78 is 0. The molecule has 0 aliphatic carbocycles. The first kappa shape index (κ1) is 8.87. The van der Waals surface area contributed by atoms with Crippen LogP contribution in [0, 0.1) is 6.92 Å². The van der Waals surface area contributed by atoms with Crippen molar-refractivity contribution in [3.05, 3.63) is 15.6 Å². The molecule has 0 amide bonds. The summed E-state index contributed by atoms with van der Waals surface area (Å²) in [6.45, 7) is 3.47. The molecule has 1 aromatic rings. The van der Waals surface area contributed by atoms with Crippen LogP contribution in [0.4, 0.5) is 0 Å². The van der Waals surface area contributed by atoms with Crippen molar-refractivity contribution in [2.45, 2.75) is 19.2 Å². The van der Waals surface area contributed by atoms with Gasteiger partial charge >= 0.3 is 0 Å². The summed E-state index contributed by atoms with van der Waals surface area (Å²) in [5, 5.41) is 1.61. The summed E-state index contributed by atoms with van der Waals surface area (Å²) in [5.74, 6) is 0.102. The van der Waals surface area contributed by atoms with E-state index < -0.39 is 0 Å². The lowest BCUT2D eigenvalue weighted by molar-refractivity contribution is 0.102. The molecular formula is C7H8BrNOS. The molecule has 1 heterocycles. The van der Waals surface area contributed by atoms with Crippen LogP contribution in [-0.4, -0.2) is 10.8 Å². The van der Waals surface area contributed by atoms with E-state index in [0.29, 0.717) is 5.33 Å². The van der Waals surface area contributed by atoms with Gasteiger partial charge in [0.05, 0.1) is 15.6 Å². The van der Waals surface area contributed by atoms with Gasteiger partial charge in [-0.1, -0.05) is 15.9 Å². The van der Waals surface area contributed by atoms with E-state index in [9.17, 15) is 4.79 Å². The summed E-state index contributed by atoms with van der Waals surface area (Å²) in [6, 6.07) is 0. The lowest BCUT2D eigenvalue weighted by Gasteiger charge is -1.89. The Balaban J connectivity index is 3.12. The van der Waals surface area contributed by atoms with Gasteiger partial charge in [-0.25, -0.2) is 4.98 Å². The summed E-state index contributed by atoms with van der Waals surface area (Å²) in [5.41, 5.74) is 0.861. The normalized spacial score (nSPS) is 10.1. The highest BCUT2D eigenvalue weighted by Gasteiger charge is 2.10. The van der Waals surface area contributed by atoms with Crippen molar-refractivity contribution < 1.29 is 4.79 Å². The van der Waals surface area contributed by atoms with E-state index >= 15 is 0 Å². The fourth-order valence-electron chi connectivity index (χ4n) is 0.836. The van der Waals surface area contributed by atoms with Crippen LogP contribution in [0.15, 0.2) is 0 Å². The molecule has 1 rings (SSSR count). The van der Waals surface area contributed by atoms with Gasteiger partial charge in [0.25, 0.3) is 0 Å². The van der Waals surface area contributed by atoms with E-state index in [4.69, 9.17) is 0 Å². The lowest BCUT2D eigenvalue weighted by atomic mass is 10.3. The monoisotopic (exact) mass is 233 g/mol. The highest BCUT2D eigenvalue weighted by atomic mass is 79.9. The number of thiazole rings is 1. The maximum Gasteiger partial charge on any atom is 0.171 e. The molecular weight excluding hydrogens is 226 g/mol. The van der Waals surface area contributed by atoms with E-state index in [0.717, 1.165) is 15.6 Å². The number of alkyl halides is 1. The molecule has 0 aliphatic heterocycles. The van der Waals surface area contributed by atoms with E-state index in [2.05, 4.69) is 20.9 Å². The number of Topliss-reactive ketones (excluding diaryl/α,β-unsaturated/α-hetero) is 1. The van der Waals surface area contributed by atoms with Gasteiger partial charge in [-0.3, -0.25) is 4.79 Å². The van der Waals surface area contributed by atoms with Crippen LogP contribution in [0.1, 0.15) is 27.3 Å². The molecule has 2 nitrogen and oxygen atoms in total. The van der Waals surface area contributed by atoms with Crippen molar-refractivity contribution in [2.75, 3.05) is 0 Å². The first-order valence-corrected chi connectivity index (χ1v) is 5.12. The van der Waals surface area contributed by atoms with Gasteiger partial charge in [0.2, 0.25) is 0 Å². The van der Waals surface area contributed by atoms with Gasteiger partial charge in [-0.2, -0.15) is 0 Å². The van der Waals surface area contributed by atoms with E-state index in [1.54, 1.807) is 6.92 Å². The zero-order chi connectivity index (χ0) is 8.43. The maximum atomic E-state index is 11.0. The van der Waals surface area contributed by atoms with Gasteiger partial charge in [0.15, 0.2) is 5.78 Å². The number of hydrogen-bond donors (Lipinski definition) is 0. The molecule has 0 aromatic carbocycles. The number of rotatable bonds is 2. The number of carbonyl (C=O) groups excluding carboxylic acids is 1. The minimum atomic E-state index is 0.102. The van der Waals surface area contributed by atoms with Crippen molar-refractivity contribution >= 4 is 33.0 Å². The third-order valence-electron chi connectivity index (χ3n) is 1.25. The largest absolute Gasteiger partial charge is 0.294 e. The predicted octanol–water partition coefficient (Wildman–Crippen LogP) is 2.55. The van der Waals surface area contributed by atoms with Gasteiger partial charge < -0.3 is 0 Å². The second-order valence-electron chi connectivity index (χ2n) is 2.20. The van der Waals surface area contributed by atoms with Crippen molar-refractivity contribution in [3.8, 4) is 0 Å². The Hall–Kier alpha value is -0.220. The van der Waals surface area contributed by atoms with Crippen molar-refractivity contribution in [1.29, 1.82) is 0 Å². The average molecular weight is 234 g/mol. The van der Waals surface area contributed by atoms with Crippen LogP contribution in [0.5, 0.6) is 0 Å². The predicted molar refractivity (Wildman–Crippen MR) is 49.5 cm³/mol. The highest BCUT2D eigenvalue weighted by Crippen LogP contribution is 2.20. The van der Waals surface area contributed by atoms with Crippen molar-refractivity contribution in [1.82, 2.24) is 4.98 Å². The van der Waals surface area contributed by atoms with Crippen molar-refractivity contribution in [3.63, 3.8) is 0 Å². The molecule has 60 valence electrons. The second kappa shape index (κ2) is 3.45. The first-order valence-electron chi connectivity index (χ1n) is 3.18. The standard InChI is InChI=1S/C7H8BrNOS/c1-4(10)7-6(3-8)9-5(2)11-7/h3H2,1-2H3. The molecule has 1 aromatic heterocycles. The van der Waals surface area contributed by atoms with Crippen LogP contribution in [0.3, 0.4) is 0 Å². The molecule has 0 aliphatic rings. The average Bonchev–Trinajstić information content (AvgIpc) is 2.30. The third kappa shape index (κ3) is 1.87. The molecule has 0 radical (unpaired) electrons. The van der Waals surface area contributed by atoms with E-state index in [-0.39, 0.29) is 5.78 Å². The molecule has 0 saturated heterocycles. The molecule has 0 unspecified atom stereocenters. The van der Waals surface area contributed by atoms with Crippen LogP contribution in [0.2, 0.25) is 0 Å².